The summed E-state index contributed by atoms with van der Waals surface area (Å²) in [4.78, 5) is 12.7. The van der Waals surface area contributed by atoms with E-state index in [2.05, 4.69) is 4.72 Å². The van der Waals surface area contributed by atoms with Crippen molar-refractivity contribution in [1.29, 1.82) is 0 Å². The minimum Gasteiger partial charge on any atom is -0.462 e. The molecule has 0 aliphatic carbocycles. The molecule has 19 heavy (non-hydrogen) atoms. The van der Waals surface area contributed by atoms with Crippen molar-refractivity contribution in [3.63, 3.8) is 0 Å². The minimum atomic E-state index is -3.40. The maximum atomic E-state index is 11.8. The number of thiophene rings is 1. The van der Waals surface area contributed by atoms with Crippen molar-refractivity contribution in [3.8, 4) is 0 Å². The van der Waals surface area contributed by atoms with Gasteiger partial charge in [0, 0.05) is 4.88 Å². The minimum absolute atomic E-state index is 0.0363. The Kier molecular flexibility index (Phi) is 5.81. The number of anilines is 1. The first-order chi connectivity index (χ1) is 8.93. The molecular formula is C12H19NO4S2. The number of rotatable bonds is 7. The third kappa shape index (κ3) is 4.50. The molecule has 0 aliphatic rings. The number of carbonyl (C=O) groups excluding carboxylic acids is 1. The molecule has 0 amide bonds. The Balaban J connectivity index is 3.05. The van der Waals surface area contributed by atoms with Crippen molar-refractivity contribution in [3.05, 3.63) is 16.5 Å². The van der Waals surface area contributed by atoms with Crippen molar-refractivity contribution >= 4 is 32.3 Å². The second kappa shape index (κ2) is 6.91. The van der Waals surface area contributed by atoms with Crippen LogP contribution in [-0.4, -0.2) is 26.7 Å². The molecule has 1 aromatic rings. The SMILES string of the molecule is CCCS(=O)(=O)Nc1sc(CC)cc1C(=O)OCC. The van der Waals surface area contributed by atoms with Crippen LogP contribution in [0.1, 0.15) is 42.4 Å². The van der Waals surface area contributed by atoms with Crippen LogP contribution in [0, 0.1) is 0 Å². The lowest BCUT2D eigenvalue weighted by Crippen LogP contribution is -2.17. The Morgan fingerprint density at radius 1 is 1.37 bits per heavy atom. The Bertz CT molecular complexity index is 534. The predicted octanol–water partition coefficient (Wildman–Crippen LogP) is 2.64. The van der Waals surface area contributed by atoms with Crippen molar-refractivity contribution in [2.24, 2.45) is 0 Å². The van der Waals surface area contributed by atoms with E-state index >= 15 is 0 Å². The quantitative estimate of drug-likeness (QED) is 0.786. The monoisotopic (exact) mass is 305 g/mol. The molecule has 1 rings (SSSR count). The van der Waals surface area contributed by atoms with E-state index in [1.165, 1.54) is 11.3 Å². The second-order valence-corrected chi connectivity index (χ2v) is 6.93. The molecule has 1 aromatic heterocycles. The molecule has 1 N–H and O–H groups in total. The summed E-state index contributed by atoms with van der Waals surface area (Å²) in [6.45, 7) is 5.71. The number of nitrogens with one attached hydrogen (secondary N) is 1. The lowest BCUT2D eigenvalue weighted by Gasteiger charge is -2.07. The van der Waals surface area contributed by atoms with Gasteiger partial charge in [-0.05, 0) is 25.8 Å². The summed E-state index contributed by atoms with van der Waals surface area (Å²) >= 11 is 1.28. The zero-order chi connectivity index (χ0) is 14.5. The fraction of sp³-hybridized carbons (Fsp3) is 0.583. The third-order valence-electron chi connectivity index (χ3n) is 2.35. The summed E-state index contributed by atoms with van der Waals surface area (Å²) in [6.07, 6.45) is 1.27. The number of aryl methyl sites for hydroxylation is 1. The molecule has 5 nitrogen and oxygen atoms in total. The summed E-state index contributed by atoms with van der Waals surface area (Å²) in [5, 5.41) is 0.351. The molecule has 1 heterocycles. The van der Waals surface area contributed by atoms with Crippen LogP contribution in [0.4, 0.5) is 5.00 Å². The Morgan fingerprint density at radius 3 is 2.58 bits per heavy atom. The van der Waals surface area contributed by atoms with Gasteiger partial charge >= 0.3 is 5.97 Å². The molecule has 0 atom stereocenters. The van der Waals surface area contributed by atoms with Gasteiger partial charge in [0.2, 0.25) is 10.0 Å². The van der Waals surface area contributed by atoms with E-state index in [9.17, 15) is 13.2 Å². The first kappa shape index (κ1) is 16.0. The van der Waals surface area contributed by atoms with Gasteiger partial charge in [0.05, 0.1) is 17.9 Å². The standard InChI is InChI=1S/C12H19NO4S2/c1-4-7-19(15,16)13-11-10(12(14)17-6-3)8-9(5-2)18-11/h8,13H,4-7H2,1-3H3. The van der Waals surface area contributed by atoms with E-state index in [0.29, 0.717) is 17.0 Å². The topological polar surface area (TPSA) is 72.5 Å². The Labute approximate surface area is 118 Å². The average molecular weight is 305 g/mol. The van der Waals surface area contributed by atoms with Gasteiger partial charge in [-0.25, -0.2) is 13.2 Å². The van der Waals surface area contributed by atoms with E-state index in [0.717, 1.165) is 11.3 Å². The lowest BCUT2D eigenvalue weighted by atomic mass is 10.2. The molecule has 0 spiro atoms. The van der Waals surface area contributed by atoms with E-state index in [4.69, 9.17) is 4.74 Å². The first-order valence-electron chi connectivity index (χ1n) is 6.23. The zero-order valence-electron chi connectivity index (χ0n) is 11.4. The van der Waals surface area contributed by atoms with E-state index in [1.807, 2.05) is 6.92 Å². The van der Waals surface area contributed by atoms with Crippen LogP contribution in [0.25, 0.3) is 0 Å². The number of ether oxygens (including phenoxy) is 1. The van der Waals surface area contributed by atoms with Gasteiger partial charge in [-0.1, -0.05) is 13.8 Å². The highest BCUT2D eigenvalue weighted by Crippen LogP contribution is 2.30. The van der Waals surface area contributed by atoms with E-state index in [1.54, 1.807) is 19.9 Å². The number of hydrogen-bond donors (Lipinski definition) is 1. The van der Waals surface area contributed by atoms with Crippen LogP contribution < -0.4 is 4.72 Å². The summed E-state index contributed by atoms with van der Waals surface area (Å²) in [7, 11) is -3.40. The maximum absolute atomic E-state index is 11.8. The molecule has 0 bridgehead atoms. The van der Waals surface area contributed by atoms with Gasteiger partial charge < -0.3 is 4.74 Å². The predicted molar refractivity (Wildman–Crippen MR) is 77.4 cm³/mol. The molecule has 108 valence electrons. The molecule has 0 saturated carbocycles. The summed E-state index contributed by atoms with van der Waals surface area (Å²) in [5.41, 5.74) is 0.295. The molecule has 0 fully saturated rings. The smallest absolute Gasteiger partial charge is 0.341 e. The van der Waals surface area contributed by atoms with Crippen LogP contribution >= 0.6 is 11.3 Å². The highest BCUT2D eigenvalue weighted by molar-refractivity contribution is 7.92. The highest BCUT2D eigenvalue weighted by Gasteiger charge is 2.20. The van der Waals surface area contributed by atoms with Gasteiger partial charge in [0.15, 0.2) is 0 Å². The van der Waals surface area contributed by atoms with Gasteiger partial charge in [0.25, 0.3) is 0 Å². The molecule has 0 saturated heterocycles. The summed E-state index contributed by atoms with van der Waals surface area (Å²) < 4.78 is 31.0. The number of carbonyl (C=O) groups is 1. The molecular weight excluding hydrogens is 286 g/mol. The van der Waals surface area contributed by atoms with Crippen LogP contribution in [0.2, 0.25) is 0 Å². The number of sulfonamides is 1. The first-order valence-corrected chi connectivity index (χ1v) is 8.70. The fourth-order valence-corrected chi connectivity index (χ4v) is 3.93. The van der Waals surface area contributed by atoms with E-state index < -0.39 is 16.0 Å². The van der Waals surface area contributed by atoms with Crippen LogP contribution in [0.15, 0.2) is 6.07 Å². The van der Waals surface area contributed by atoms with Gasteiger partial charge in [-0.2, -0.15) is 0 Å². The van der Waals surface area contributed by atoms with Crippen molar-refractivity contribution < 1.29 is 17.9 Å². The van der Waals surface area contributed by atoms with Crippen LogP contribution in [0.3, 0.4) is 0 Å². The van der Waals surface area contributed by atoms with Crippen molar-refractivity contribution in [2.45, 2.75) is 33.6 Å². The largest absolute Gasteiger partial charge is 0.462 e. The highest BCUT2D eigenvalue weighted by atomic mass is 32.2. The fourth-order valence-electron chi connectivity index (χ4n) is 1.51. The molecule has 0 aliphatic heterocycles. The zero-order valence-corrected chi connectivity index (χ0v) is 13.0. The number of hydrogen-bond acceptors (Lipinski definition) is 5. The normalized spacial score (nSPS) is 11.3. The molecule has 7 heteroatoms. The summed E-state index contributed by atoms with van der Waals surface area (Å²) in [5.74, 6) is -0.457. The molecule has 0 radical (unpaired) electrons. The average Bonchev–Trinajstić information content (AvgIpc) is 2.71. The Morgan fingerprint density at radius 2 is 2.05 bits per heavy atom. The number of esters is 1. The van der Waals surface area contributed by atoms with Gasteiger partial charge in [0.1, 0.15) is 5.00 Å². The van der Waals surface area contributed by atoms with Crippen molar-refractivity contribution in [1.82, 2.24) is 0 Å². The Hall–Kier alpha value is -1.08. The van der Waals surface area contributed by atoms with Gasteiger partial charge in [-0.3, -0.25) is 4.72 Å². The molecule has 0 unspecified atom stereocenters. The lowest BCUT2D eigenvalue weighted by molar-refractivity contribution is 0.0528. The third-order valence-corrected chi connectivity index (χ3v) is 5.13. The summed E-state index contributed by atoms with van der Waals surface area (Å²) in [6, 6.07) is 1.69. The van der Waals surface area contributed by atoms with Crippen molar-refractivity contribution in [2.75, 3.05) is 17.1 Å². The maximum Gasteiger partial charge on any atom is 0.341 e. The van der Waals surface area contributed by atoms with Gasteiger partial charge in [-0.15, -0.1) is 11.3 Å². The second-order valence-electron chi connectivity index (χ2n) is 3.95. The van der Waals surface area contributed by atoms with Crippen LogP contribution in [-0.2, 0) is 21.2 Å². The van der Waals surface area contributed by atoms with E-state index in [-0.39, 0.29) is 12.4 Å². The molecule has 0 aromatic carbocycles. The van der Waals surface area contributed by atoms with Crippen LogP contribution in [0.5, 0.6) is 0 Å².